The monoisotopic (exact) mass is 268 g/mol. The van der Waals surface area contributed by atoms with Crippen molar-refractivity contribution in [2.24, 2.45) is 11.3 Å². The number of hydrogen-bond acceptors (Lipinski definition) is 2. The zero-order valence-corrected chi connectivity index (χ0v) is 13.8. The SMILES string of the molecule is CCC1(CC)CCN(CCCCNCC(C)C)CC1. The molecule has 0 spiro atoms. The minimum absolute atomic E-state index is 0.676. The van der Waals surface area contributed by atoms with Gasteiger partial charge in [-0.05, 0) is 69.7 Å². The zero-order chi connectivity index (χ0) is 14.1. The molecule has 0 atom stereocenters. The Kier molecular flexibility index (Phi) is 8.01. The first-order valence-corrected chi connectivity index (χ1v) is 8.55. The van der Waals surface area contributed by atoms with E-state index in [9.17, 15) is 0 Å². The second-order valence-corrected chi connectivity index (χ2v) is 6.85. The molecule has 1 fully saturated rings. The van der Waals surface area contributed by atoms with Crippen molar-refractivity contribution in [1.29, 1.82) is 0 Å². The van der Waals surface area contributed by atoms with Gasteiger partial charge in [0.1, 0.15) is 0 Å². The van der Waals surface area contributed by atoms with Crippen LogP contribution in [0.2, 0.25) is 0 Å². The van der Waals surface area contributed by atoms with E-state index in [-0.39, 0.29) is 0 Å². The van der Waals surface area contributed by atoms with Crippen LogP contribution in [0, 0.1) is 11.3 Å². The number of piperidine rings is 1. The highest BCUT2D eigenvalue weighted by molar-refractivity contribution is 4.83. The second-order valence-electron chi connectivity index (χ2n) is 6.85. The molecule has 0 aromatic rings. The summed E-state index contributed by atoms with van der Waals surface area (Å²) in [5.74, 6) is 0.776. The fraction of sp³-hybridized carbons (Fsp3) is 1.00. The standard InChI is InChI=1S/C17H36N2/c1-5-17(6-2)9-13-19(14-10-17)12-8-7-11-18-15-16(3)4/h16,18H,5-15H2,1-4H3. The van der Waals surface area contributed by atoms with E-state index in [2.05, 4.69) is 37.9 Å². The van der Waals surface area contributed by atoms with Gasteiger partial charge in [0.05, 0.1) is 0 Å². The maximum atomic E-state index is 3.54. The third-order valence-electron chi connectivity index (χ3n) is 5.05. The summed E-state index contributed by atoms with van der Waals surface area (Å²) in [6.45, 7) is 15.6. The van der Waals surface area contributed by atoms with Gasteiger partial charge in [-0.25, -0.2) is 0 Å². The normalized spacial score (nSPS) is 20.1. The summed E-state index contributed by atoms with van der Waals surface area (Å²) in [6.07, 6.45) is 8.27. The van der Waals surface area contributed by atoms with Gasteiger partial charge in [-0.3, -0.25) is 0 Å². The number of nitrogens with one attached hydrogen (secondary N) is 1. The summed E-state index contributed by atoms with van der Waals surface area (Å²) in [4.78, 5) is 2.69. The molecular weight excluding hydrogens is 232 g/mol. The Bertz CT molecular complexity index is 211. The van der Waals surface area contributed by atoms with Crippen molar-refractivity contribution < 1.29 is 0 Å². The van der Waals surface area contributed by atoms with E-state index in [1.54, 1.807) is 0 Å². The van der Waals surface area contributed by atoms with Crippen LogP contribution < -0.4 is 5.32 Å². The van der Waals surface area contributed by atoms with Gasteiger partial charge in [0.15, 0.2) is 0 Å². The van der Waals surface area contributed by atoms with Gasteiger partial charge in [-0.2, -0.15) is 0 Å². The van der Waals surface area contributed by atoms with E-state index in [1.807, 2.05) is 0 Å². The van der Waals surface area contributed by atoms with Crippen molar-refractivity contribution in [3.05, 3.63) is 0 Å². The van der Waals surface area contributed by atoms with E-state index in [0.29, 0.717) is 5.41 Å². The lowest BCUT2D eigenvalue weighted by Crippen LogP contribution is -2.40. The molecule has 0 amide bonds. The maximum Gasteiger partial charge on any atom is -0.00134 e. The molecule has 19 heavy (non-hydrogen) atoms. The van der Waals surface area contributed by atoms with Gasteiger partial charge in [0.25, 0.3) is 0 Å². The van der Waals surface area contributed by atoms with Gasteiger partial charge in [0.2, 0.25) is 0 Å². The first-order valence-electron chi connectivity index (χ1n) is 8.55. The number of rotatable bonds is 9. The van der Waals surface area contributed by atoms with Gasteiger partial charge in [-0.15, -0.1) is 0 Å². The molecular formula is C17H36N2. The molecule has 2 nitrogen and oxygen atoms in total. The van der Waals surface area contributed by atoms with Crippen LogP contribution in [0.4, 0.5) is 0 Å². The largest absolute Gasteiger partial charge is 0.316 e. The van der Waals surface area contributed by atoms with Crippen LogP contribution in [0.5, 0.6) is 0 Å². The first kappa shape index (κ1) is 17.0. The van der Waals surface area contributed by atoms with Gasteiger partial charge < -0.3 is 10.2 Å². The third-order valence-corrected chi connectivity index (χ3v) is 5.05. The predicted octanol–water partition coefficient (Wildman–Crippen LogP) is 3.91. The Morgan fingerprint density at radius 1 is 1.05 bits per heavy atom. The summed E-state index contributed by atoms with van der Waals surface area (Å²) in [6, 6.07) is 0. The van der Waals surface area contributed by atoms with E-state index in [4.69, 9.17) is 0 Å². The van der Waals surface area contributed by atoms with Gasteiger partial charge in [0, 0.05) is 0 Å². The Hall–Kier alpha value is -0.0800. The molecule has 0 radical (unpaired) electrons. The summed E-state index contributed by atoms with van der Waals surface area (Å²) in [7, 11) is 0. The fourth-order valence-corrected chi connectivity index (χ4v) is 3.18. The lowest BCUT2D eigenvalue weighted by atomic mass is 9.74. The Balaban J connectivity index is 2.03. The topological polar surface area (TPSA) is 15.3 Å². The Labute approximate surface area is 121 Å². The molecule has 0 saturated carbocycles. The lowest BCUT2D eigenvalue weighted by molar-refractivity contribution is 0.0944. The van der Waals surface area contributed by atoms with Crippen LogP contribution in [0.3, 0.4) is 0 Å². The van der Waals surface area contributed by atoms with Crippen LogP contribution in [0.1, 0.15) is 66.2 Å². The predicted molar refractivity (Wildman–Crippen MR) is 85.6 cm³/mol. The molecule has 1 rings (SSSR count). The van der Waals surface area contributed by atoms with Crippen LogP contribution in [-0.4, -0.2) is 37.6 Å². The van der Waals surface area contributed by atoms with E-state index >= 15 is 0 Å². The summed E-state index contributed by atoms with van der Waals surface area (Å²) < 4.78 is 0. The van der Waals surface area contributed by atoms with Crippen molar-refractivity contribution in [1.82, 2.24) is 10.2 Å². The molecule has 0 unspecified atom stereocenters. The minimum Gasteiger partial charge on any atom is -0.316 e. The van der Waals surface area contributed by atoms with Crippen molar-refractivity contribution >= 4 is 0 Å². The molecule has 1 saturated heterocycles. The van der Waals surface area contributed by atoms with Gasteiger partial charge >= 0.3 is 0 Å². The Morgan fingerprint density at radius 2 is 1.68 bits per heavy atom. The van der Waals surface area contributed by atoms with E-state index in [1.165, 1.54) is 71.2 Å². The third kappa shape index (κ3) is 6.27. The summed E-state index contributed by atoms with van der Waals surface area (Å²) in [5, 5.41) is 3.54. The average molecular weight is 268 g/mol. The average Bonchev–Trinajstić information content (AvgIpc) is 2.43. The molecule has 0 aromatic heterocycles. The van der Waals surface area contributed by atoms with Crippen LogP contribution in [-0.2, 0) is 0 Å². The molecule has 0 bridgehead atoms. The smallest absolute Gasteiger partial charge is 0.00134 e. The molecule has 1 aliphatic heterocycles. The lowest BCUT2D eigenvalue weighted by Gasteiger charge is -2.41. The highest BCUT2D eigenvalue weighted by atomic mass is 15.1. The van der Waals surface area contributed by atoms with Gasteiger partial charge in [-0.1, -0.05) is 40.5 Å². The quantitative estimate of drug-likeness (QED) is 0.638. The number of unbranched alkanes of at least 4 members (excludes halogenated alkanes) is 1. The fourth-order valence-electron chi connectivity index (χ4n) is 3.18. The minimum atomic E-state index is 0.676. The maximum absolute atomic E-state index is 3.54. The van der Waals surface area contributed by atoms with E-state index in [0.717, 1.165) is 5.92 Å². The van der Waals surface area contributed by atoms with Crippen molar-refractivity contribution in [3.63, 3.8) is 0 Å². The van der Waals surface area contributed by atoms with E-state index < -0.39 is 0 Å². The van der Waals surface area contributed by atoms with Crippen molar-refractivity contribution in [2.75, 3.05) is 32.7 Å². The number of nitrogens with zero attached hydrogens (tertiary/aromatic N) is 1. The van der Waals surface area contributed by atoms with Crippen LogP contribution in [0.25, 0.3) is 0 Å². The number of likely N-dealkylation sites (tertiary alicyclic amines) is 1. The van der Waals surface area contributed by atoms with Crippen molar-refractivity contribution in [2.45, 2.75) is 66.2 Å². The second kappa shape index (κ2) is 8.97. The Morgan fingerprint density at radius 3 is 2.21 bits per heavy atom. The molecule has 2 heteroatoms. The molecule has 1 heterocycles. The zero-order valence-electron chi connectivity index (χ0n) is 13.8. The summed E-state index contributed by atoms with van der Waals surface area (Å²) >= 11 is 0. The molecule has 0 aliphatic carbocycles. The van der Waals surface area contributed by atoms with Crippen molar-refractivity contribution in [3.8, 4) is 0 Å². The summed E-state index contributed by atoms with van der Waals surface area (Å²) in [5.41, 5.74) is 0.676. The molecule has 1 N–H and O–H groups in total. The highest BCUT2D eigenvalue weighted by Crippen LogP contribution is 2.37. The molecule has 114 valence electrons. The highest BCUT2D eigenvalue weighted by Gasteiger charge is 2.30. The number of hydrogen-bond donors (Lipinski definition) is 1. The van der Waals surface area contributed by atoms with Crippen LogP contribution >= 0.6 is 0 Å². The first-order chi connectivity index (χ1) is 9.12. The van der Waals surface area contributed by atoms with Crippen LogP contribution in [0.15, 0.2) is 0 Å². The molecule has 0 aromatic carbocycles. The molecule has 1 aliphatic rings.